The van der Waals surface area contributed by atoms with Crippen molar-refractivity contribution < 1.29 is 9.47 Å². The van der Waals surface area contributed by atoms with Crippen molar-refractivity contribution in [3.05, 3.63) is 23.8 Å². The molecule has 2 bridgehead atoms. The minimum absolute atomic E-state index is 0.358. The maximum Gasteiger partial charge on any atom is 0.231 e. The van der Waals surface area contributed by atoms with Gasteiger partial charge in [-0.25, -0.2) is 0 Å². The Balaban J connectivity index is 1.30. The monoisotopic (exact) mass is 259 g/mol. The Morgan fingerprint density at radius 2 is 2.05 bits per heavy atom. The minimum atomic E-state index is 0.358. The highest BCUT2D eigenvalue weighted by Crippen LogP contribution is 2.47. The summed E-state index contributed by atoms with van der Waals surface area (Å²) in [6.07, 6.45) is 5.92. The molecule has 3 unspecified atom stereocenters. The van der Waals surface area contributed by atoms with Gasteiger partial charge in [-0.05, 0) is 61.3 Å². The Bertz CT molecular complexity index is 474. The number of hydrogen-bond donors (Lipinski definition) is 1. The van der Waals surface area contributed by atoms with E-state index in [4.69, 9.17) is 9.47 Å². The van der Waals surface area contributed by atoms with Gasteiger partial charge in [-0.1, -0.05) is 12.5 Å². The molecule has 0 amide bonds. The number of ether oxygens (including phenoxy) is 2. The van der Waals surface area contributed by atoms with E-state index in [1.54, 1.807) is 0 Å². The second-order valence-electron chi connectivity index (χ2n) is 6.25. The fraction of sp³-hybridized carbons (Fsp3) is 0.625. The molecule has 3 aliphatic rings. The van der Waals surface area contributed by atoms with Gasteiger partial charge in [0.05, 0.1) is 0 Å². The number of benzene rings is 1. The first kappa shape index (κ1) is 11.6. The molecular formula is C16H21NO2. The van der Waals surface area contributed by atoms with Crippen LogP contribution in [-0.4, -0.2) is 13.3 Å². The molecule has 2 saturated carbocycles. The summed E-state index contributed by atoms with van der Waals surface area (Å²) >= 11 is 0. The Morgan fingerprint density at radius 3 is 2.89 bits per heavy atom. The third kappa shape index (κ3) is 2.20. The molecule has 0 spiro atoms. The molecule has 1 N–H and O–H groups in total. The average molecular weight is 259 g/mol. The van der Waals surface area contributed by atoms with Crippen LogP contribution in [0.1, 0.15) is 31.2 Å². The van der Waals surface area contributed by atoms with Gasteiger partial charge in [-0.2, -0.15) is 0 Å². The summed E-state index contributed by atoms with van der Waals surface area (Å²) in [5, 5.41) is 3.62. The zero-order chi connectivity index (χ0) is 12.7. The van der Waals surface area contributed by atoms with Crippen LogP contribution in [-0.2, 0) is 6.54 Å². The molecule has 3 nitrogen and oxygen atoms in total. The molecule has 3 heteroatoms. The summed E-state index contributed by atoms with van der Waals surface area (Å²) in [6.45, 7) is 2.47. The van der Waals surface area contributed by atoms with Crippen LogP contribution in [0, 0.1) is 17.8 Å². The lowest BCUT2D eigenvalue weighted by atomic mass is 9.89. The van der Waals surface area contributed by atoms with E-state index in [2.05, 4.69) is 17.4 Å². The topological polar surface area (TPSA) is 30.5 Å². The molecule has 2 aliphatic carbocycles. The van der Waals surface area contributed by atoms with Gasteiger partial charge in [0.1, 0.15) is 0 Å². The van der Waals surface area contributed by atoms with Gasteiger partial charge in [-0.15, -0.1) is 0 Å². The van der Waals surface area contributed by atoms with E-state index in [0.717, 1.165) is 35.8 Å². The van der Waals surface area contributed by atoms with Crippen molar-refractivity contribution in [2.45, 2.75) is 32.2 Å². The van der Waals surface area contributed by atoms with Crippen LogP contribution in [0.5, 0.6) is 11.5 Å². The molecule has 2 fully saturated rings. The predicted molar refractivity (Wildman–Crippen MR) is 73.2 cm³/mol. The lowest BCUT2D eigenvalue weighted by Gasteiger charge is -2.21. The zero-order valence-electron chi connectivity index (χ0n) is 11.2. The van der Waals surface area contributed by atoms with Crippen molar-refractivity contribution in [3.63, 3.8) is 0 Å². The summed E-state index contributed by atoms with van der Waals surface area (Å²) in [4.78, 5) is 0. The third-order valence-corrected chi connectivity index (χ3v) is 5.06. The quantitative estimate of drug-likeness (QED) is 0.901. The third-order valence-electron chi connectivity index (χ3n) is 5.06. The molecule has 0 saturated heterocycles. The molecule has 19 heavy (non-hydrogen) atoms. The van der Waals surface area contributed by atoms with Gasteiger partial charge in [0.25, 0.3) is 0 Å². The average Bonchev–Trinajstić information content (AvgIpc) is 3.14. The van der Waals surface area contributed by atoms with E-state index in [-0.39, 0.29) is 0 Å². The number of hydrogen-bond acceptors (Lipinski definition) is 3. The van der Waals surface area contributed by atoms with Gasteiger partial charge in [0, 0.05) is 6.54 Å². The van der Waals surface area contributed by atoms with E-state index in [1.807, 2.05) is 6.07 Å². The van der Waals surface area contributed by atoms with Crippen molar-refractivity contribution in [2.24, 2.45) is 17.8 Å². The van der Waals surface area contributed by atoms with Gasteiger partial charge in [0.2, 0.25) is 6.79 Å². The maximum absolute atomic E-state index is 5.41. The van der Waals surface area contributed by atoms with Crippen LogP contribution < -0.4 is 14.8 Å². The predicted octanol–water partition coefficient (Wildman–Crippen LogP) is 2.94. The smallest absolute Gasteiger partial charge is 0.231 e. The first-order valence-corrected chi connectivity index (χ1v) is 7.48. The van der Waals surface area contributed by atoms with E-state index in [9.17, 15) is 0 Å². The summed E-state index contributed by atoms with van der Waals surface area (Å²) in [5.74, 6) is 4.74. The van der Waals surface area contributed by atoms with Crippen LogP contribution in [0.3, 0.4) is 0 Å². The van der Waals surface area contributed by atoms with E-state index >= 15 is 0 Å². The lowest BCUT2D eigenvalue weighted by Crippen LogP contribution is -2.26. The van der Waals surface area contributed by atoms with Crippen LogP contribution in [0.4, 0.5) is 0 Å². The molecule has 3 atom stereocenters. The normalized spacial score (nSPS) is 31.1. The van der Waals surface area contributed by atoms with Crippen LogP contribution in [0.2, 0.25) is 0 Å². The highest BCUT2D eigenvalue weighted by atomic mass is 16.7. The fourth-order valence-electron chi connectivity index (χ4n) is 4.08. The van der Waals surface area contributed by atoms with Gasteiger partial charge in [-0.3, -0.25) is 0 Å². The van der Waals surface area contributed by atoms with E-state index < -0.39 is 0 Å². The SMILES string of the molecule is c1cc2c(cc1CNCC1CC3CCC1C3)OCO2. The Labute approximate surface area is 114 Å². The van der Waals surface area contributed by atoms with Crippen LogP contribution in [0.15, 0.2) is 18.2 Å². The van der Waals surface area contributed by atoms with Crippen molar-refractivity contribution in [1.82, 2.24) is 5.32 Å². The standard InChI is InChI=1S/C16H21NO2/c1-3-13-5-11(1)6-14(13)9-17-8-12-2-4-15-16(7-12)19-10-18-15/h2,4,7,11,13-14,17H,1,3,5-6,8-10H2. The second kappa shape index (κ2) is 4.71. The van der Waals surface area contributed by atoms with Gasteiger partial charge < -0.3 is 14.8 Å². The molecule has 0 radical (unpaired) electrons. The minimum Gasteiger partial charge on any atom is -0.454 e. The van der Waals surface area contributed by atoms with Crippen molar-refractivity contribution in [3.8, 4) is 11.5 Å². The largest absolute Gasteiger partial charge is 0.454 e. The Hall–Kier alpha value is -1.22. The molecule has 4 rings (SSSR count). The summed E-state index contributed by atoms with van der Waals surface area (Å²) < 4.78 is 10.7. The van der Waals surface area contributed by atoms with Crippen molar-refractivity contribution >= 4 is 0 Å². The molecular weight excluding hydrogens is 238 g/mol. The Morgan fingerprint density at radius 1 is 1.11 bits per heavy atom. The first-order valence-electron chi connectivity index (χ1n) is 7.48. The lowest BCUT2D eigenvalue weighted by molar-refractivity contribution is 0.174. The highest BCUT2D eigenvalue weighted by molar-refractivity contribution is 5.44. The van der Waals surface area contributed by atoms with Crippen molar-refractivity contribution in [2.75, 3.05) is 13.3 Å². The van der Waals surface area contributed by atoms with E-state index in [1.165, 1.54) is 37.8 Å². The first-order chi connectivity index (χ1) is 9.38. The number of fused-ring (bicyclic) bond motifs is 3. The van der Waals surface area contributed by atoms with Crippen LogP contribution in [0.25, 0.3) is 0 Å². The van der Waals surface area contributed by atoms with Crippen molar-refractivity contribution in [1.29, 1.82) is 0 Å². The van der Waals surface area contributed by atoms with Gasteiger partial charge >= 0.3 is 0 Å². The second-order valence-corrected chi connectivity index (χ2v) is 6.25. The zero-order valence-corrected chi connectivity index (χ0v) is 11.2. The molecule has 1 aromatic carbocycles. The molecule has 1 aliphatic heterocycles. The maximum atomic E-state index is 5.41. The molecule has 0 aromatic heterocycles. The summed E-state index contributed by atoms with van der Waals surface area (Å²) in [5.41, 5.74) is 1.28. The Kier molecular flexibility index (Phi) is 2.87. The summed E-state index contributed by atoms with van der Waals surface area (Å²) in [6, 6.07) is 6.23. The van der Waals surface area contributed by atoms with E-state index in [0.29, 0.717) is 6.79 Å². The highest BCUT2D eigenvalue weighted by Gasteiger charge is 2.38. The molecule has 1 aromatic rings. The van der Waals surface area contributed by atoms with Crippen LogP contribution >= 0.6 is 0 Å². The molecule has 102 valence electrons. The fourth-order valence-corrected chi connectivity index (χ4v) is 4.08. The molecule has 1 heterocycles. The number of nitrogens with one attached hydrogen (secondary N) is 1. The summed E-state index contributed by atoms with van der Waals surface area (Å²) in [7, 11) is 0. The number of rotatable bonds is 4. The van der Waals surface area contributed by atoms with Gasteiger partial charge in [0.15, 0.2) is 11.5 Å².